The van der Waals surface area contributed by atoms with Gasteiger partial charge in [-0.1, -0.05) is 34.3 Å². The summed E-state index contributed by atoms with van der Waals surface area (Å²) in [6, 6.07) is -6.94. The van der Waals surface area contributed by atoms with Crippen molar-refractivity contribution in [1.29, 1.82) is 5.26 Å². The molecule has 3 N–H and O–H groups in total. The molecule has 1 saturated carbocycles. The number of nitrogens with zero attached hydrogens (tertiary/aromatic N) is 2. The SMILES string of the molecule is [2H]C([2H])([2H])C1(C([2H])([2H])[2H])[C@@H]2[C@@H](C(=O)N[C@H](C#N)C[C@H]3C(=O)NC([2H])([2H])C3([2H])[2H])N(C(=O)[C@@H](NC(=O)C(F)(F)F)C(C([2H])([2H])[2H])(C([2H])([2H])[2H])C([2H])([2H])[2H])C[C@@H]21. The number of amides is 4. The van der Waals surface area contributed by atoms with E-state index in [1.165, 1.54) is 6.07 Å². The molecule has 194 valence electrons. The number of piperidine rings is 1. The highest BCUT2D eigenvalue weighted by Crippen LogP contribution is 2.65. The number of likely N-dealkylation sites (tertiary alicyclic amines) is 1. The summed E-state index contributed by atoms with van der Waals surface area (Å²) < 4.78 is 192. The van der Waals surface area contributed by atoms with Crippen molar-refractivity contribution in [3.8, 4) is 6.07 Å². The van der Waals surface area contributed by atoms with Crippen LogP contribution in [0.15, 0.2) is 0 Å². The first-order valence-electron chi connectivity index (χ1n) is 19.4. The van der Waals surface area contributed by atoms with Gasteiger partial charge in [0, 0.05) is 45.0 Å². The van der Waals surface area contributed by atoms with Crippen LogP contribution in [-0.4, -0.2) is 65.9 Å². The quantitative estimate of drug-likeness (QED) is 0.485. The Morgan fingerprint density at radius 1 is 1.31 bits per heavy atom. The number of carbonyl (C=O) groups excluding carboxylic acids is 4. The van der Waals surface area contributed by atoms with Gasteiger partial charge in [0.15, 0.2) is 0 Å². The van der Waals surface area contributed by atoms with Crippen LogP contribution < -0.4 is 16.0 Å². The summed E-state index contributed by atoms with van der Waals surface area (Å²) in [6.45, 7) is -24.7. The summed E-state index contributed by atoms with van der Waals surface area (Å²) in [5.41, 5.74) is -7.50. The van der Waals surface area contributed by atoms with Gasteiger partial charge in [0.25, 0.3) is 0 Å². The molecule has 0 aromatic rings. The lowest BCUT2D eigenvalue weighted by Gasteiger charge is -2.37. The minimum Gasteiger partial charge on any atom is -0.356 e. The van der Waals surface area contributed by atoms with E-state index in [9.17, 15) is 37.6 Å². The fraction of sp³-hybridized carbons (Fsp3) is 0.783. The lowest BCUT2D eigenvalue weighted by Crippen LogP contribution is -2.61. The zero-order chi connectivity index (χ0) is 42.6. The van der Waals surface area contributed by atoms with Crippen molar-refractivity contribution < 1.29 is 58.4 Å². The first-order chi connectivity index (χ1) is 23.7. The highest BCUT2D eigenvalue weighted by molar-refractivity contribution is 5.95. The van der Waals surface area contributed by atoms with Gasteiger partial charge in [-0.05, 0) is 35.5 Å². The van der Waals surface area contributed by atoms with E-state index >= 15 is 0 Å². The molecule has 0 aromatic heterocycles. The molecule has 3 aliphatic rings. The average molecular weight is 519 g/mol. The summed E-state index contributed by atoms with van der Waals surface area (Å²) in [6.07, 6.45) is -10.1. The number of carbonyl (C=O) groups is 4. The van der Waals surface area contributed by atoms with Crippen LogP contribution in [0.4, 0.5) is 13.2 Å². The Labute approximate surface area is 228 Å². The number of nitriles is 1. The predicted molar refractivity (Wildman–Crippen MR) is 117 cm³/mol. The number of hydrogen-bond acceptors (Lipinski definition) is 5. The van der Waals surface area contributed by atoms with Gasteiger partial charge in [0.1, 0.15) is 18.1 Å². The Balaban J connectivity index is 2.27. The molecule has 3 rings (SSSR count). The molecule has 9 nitrogen and oxygen atoms in total. The van der Waals surface area contributed by atoms with E-state index in [0.29, 0.717) is 0 Å². The van der Waals surface area contributed by atoms with E-state index in [-0.39, 0.29) is 4.90 Å². The molecule has 0 unspecified atom stereocenters. The summed E-state index contributed by atoms with van der Waals surface area (Å²) in [5, 5.41) is 14.2. The van der Waals surface area contributed by atoms with Crippen LogP contribution in [0.1, 0.15) is 73.1 Å². The molecule has 4 amide bonds. The number of alkyl halides is 3. The smallest absolute Gasteiger partial charge is 0.356 e. The lowest BCUT2D eigenvalue weighted by atomic mass is 9.85. The molecule has 1 aliphatic carbocycles. The molecule has 3 fully saturated rings. The summed E-state index contributed by atoms with van der Waals surface area (Å²) >= 11 is 0. The minimum absolute atomic E-state index is 0.00824. The highest BCUT2D eigenvalue weighted by Gasteiger charge is 2.70. The molecule has 12 heteroatoms. The largest absolute Gasteiger partial charge is 0.471 e. The van der Waals surface area contributed by atoms with E-state index in [1.54, 1.807) is 5.32 Å². The molecule has 2 heterocycles. The van der Waals surface area contributed by atoms with Crippen molar-refractivity contribution in [1.82, 2.24) is 20.9 Å². The Hall–Kier alpha value is -2.84. The monoisotopic (exact) mass is 518 g/mol. The molecule has 0 spiro atoms. The fourth-order valence-electron chi connectivity index (χ4n) is 4.14. The average Bonchev–Trinajstić information content (AvgIpc) is 3.40. The Morgan fingerprint density at radius 2 is 2.00 bits per heavy atom. The Bertz CT molecular complexity index is 1550. The maximum Gasteiger partial charge on any atom is 0.471 e. The Kier molecular flexibility index (Phi) is 2.84. The first-order valence-corrected chi connectivity index (χ1v) is 9.93. The molecular formula is C23H32F3N5O4. The number of halogens is 3. The van der Waals surface area contributed by atoms with Gasteiger partial charge in [-0.2, -0.15) is 18.4 Å². The number of hydrogen-bond donors (Lipinski definition) is 3. The minimum atomic E-state index is -6.03. The van der Waals surface area contributed by atoms with Gasteiger partial charge in [0.2, 0.25) is 17.7 Å². The van der Waals surface area contributed by atoms with Gasteiger partial charge in [-0.3, -0.25) is 19.2 Å². The molecular weight excluding hydrogens is 467 g/mol. The predicted octanol–water partition coefficient (Wildman–Crippen LogP) is 1.10. The summed E-state index contributed by atoms with van der Waals surface area (Å²) in [4.78, 5) is 53.0. The van der Waals surface area contributed by atoms with Crippen molar-refractivity contribution in [3.63, 3.8) is 0 Å². The standard InChI is InChI=1S/C23H32F3N5O4/c1-21(2,3)16(30-20(35)23(24,25)26)19(34)31-10-13-14(22(13,4)5)15(31)18(33)29-12(9-27)8-11-6-7-28-17(11)32/h11-16H,6-8,10H2,1-5H3,(H,28,32)(H,29,33)(H,30,35)/t11-,12-,13-,14-,15-,16+/m0/s1/i1D3,2D3,3D3,4D3,5D3,6D2,7D2. The van der Waals surface area contributed by atoms with E-state index < -0.39 is 137 Å². The maximum absolute atomic E-state index is 14.3. The molecule has 0 radical (unpaired) electrons. The van der Waals surface area contributed by atoms with Crippen LogP contribution in [0.5, 0.6) is 0 Å². The van der Waals surface area contributed by atoms with E-state index in [2.05, 4.69) is 0 Å². The molecule has 0 bridgehead atoms. The normalized spacial score (nSPS) is 41.6. The van der Waals surface area contributed by atoms with Crippen LogP contribution in [-0.2, 0) is 19.2 Å². The second-order valence-electron chi connectivity index (χ2n) is 8.39. The Morgan fingerprint density at radius 3 is 2.51 bits per heavy atom. The van der Waals surface area contributed by atoms with Crippen molar-refractivity contribution in [3.05, 3.63) is 0 Å². The third-order valence-electron chi connectivity index (χ3n) is 5.96. The molecule has 2 aliphatic heterocycles. The van der Waals surface area contributed by atoms with Crippen LogP contribution in [0, 0.1) is 39.9 Å². The second-order valence-corrected chi connectivity index (χ2v) is 8.39. The fourth-order valence-corrected chi connectivity index (χ4v) is 4.14. The van der Waals surface area contributed by atoms with Crippen LogP contribution in [0.25, 0.3) is 0 Å². The van der Waals surface area contributed by atoms with Gasteiger partial charge in [0.05, 0.1) is 6.07 Å². The maximum atomic E-state index is 14.3. The summed E-state index contributed by atoms with van der Waals surface area (Å²) in [5.74, 6) is -14.5. The van der Waals surface area contributed by atoms with Crippen LogP contribution in [0.2, 0.25) is 0 Å². The van der Waals surface area contributed by atoms with Gasteiger partial charge < -0.3 is 20.9 Å². The van der Waals surface area contributed by atoms with E-state index in [0.717, 1.165) is 5.32 Å². The highest BCUT2D eigenvalue weighted by atomic mass is 19.4. The zero-order valence-electron chi connectivity index (χ0n) is 36.5. The van der Waals surface area contributed by atoms with Crippen LogP contribution in [0.3, 0.4) is 0 Å². The van der Waals surface area contributed by atoms with Crippen molar-refractivity contribution in [2.24, 2.45) is 28.6 Å². The van der Waals surface area contributed by atoms with E-state index in [1.807, 2.05) is 5.32 Å². The number of fused-ring (bicyclic) bond motifs is 1. The summed E-state index contributed by atoms with van der Waals surface area (Å²) in [7, 11) is 0. The third kappa shape index (κ3) is 5.23. The zero-order valence-corrected chi connectivity index (χ0v) is 17.5. The number of rotatable bonds is 6. The van der Waals surface area contributed by atoms with Gasteiger partial charge >= 0.3 is 12.1 Å². The van der Waals surface area contributed by atoms with Crippen LogP contribution >= 0.6 is 0 Å². The topological polar surface area (TPSA) is 131 Å². The van der Waals surface area contributed by atoms with Crippen molar-refractivity contribution in [2.75, 3.05) is 13.0 Å². The lowest BCUT2D eigenvalue weighted by molar-refractivity contribution is -0.176. The second kappa shape index (κ2) is 8.99. The van der Waals surface area contributed by atoms with Gasteiger partial charge in [-0.25, -0.2) is 0 Å². The van der Waals surface area contributed by atoms with Gasteiger partial charge in [-0.15, -0.1) is 0 Å². The molecule has 6 atom stereocenters. The number of nitrogens with one attached hydrogen (secondary N) is 3. The third-order valence-corrected chi connectivity index (χ3v) is 5.96. The first kappa shape index (κ1) is 11.0. The molecule has 2 saturated heterocycles. The van der Waals surface area contributed by atoms with Crippen molar-refractivity contribution in [2.45, 2.75) is 71.4 Å². The molecule has 35 heavy (non-hydrogen) atoms. The van der Waals surface area contributed by atoms with E-state index in [4.69, 9.17) is 26.0 Å². The van der Waals surface area contributed by atoms with Crippen molar-refractivity contribution >= 4 is 23.6 Å². The molecule has 0 aromatic carbocycles.